The Bertz CT molecular complexity index is 626. The number of guanidine groups is 1. The summed E-state index contributed by atoms with van der Waals surface area (Å²) in [5, 5.41) is 4.05. The van der Waals surface area contributed by atoms with Crippen LogP contribution in [-0.4, -0.2) is 61.6 Å². The Morgan fingerprint density at radius 3 is 2.81 bits per heavy atom. The van der Waals surface area contributed by atoms with Crippen molar-refractivity contribution in [1.82, 2.24) is 15.1 Å². The average Bonchev–Trinajstić information content (AvgIpc) is 3.22. The maximum atomic E-state index is 14.1. The summed E-state index contributed by atoms with van der Waals surface area (Å²) >= 11 is 6.21. The fourth-order valence-corrected chi connectivity index (χ4v) is 4.33. The van der Waals surface area contributed by atoms with Crippen LogP contribution in [0.25, 0.3) is 0 Å². The van der Waals surface area contributed by atoms with Crippen LogP contribution in [0.3, 0.4) is 0 Å². The second kappa shape index (κ2) is 8.57. The van der Waals surface area contributed by atoms with Crippen LogP contribution >= 0.6 is 11.6 Å². The van der Waals surface area contributed by atoms with E-state index in [1.807, 2.05) is 7.05 Å². The SMILES string of the molecule is CCN(CC)CC1CCN(C(=NC)NC2CC2c2c(F)cccc2Cl)C1. The van der Waals surface area contributed by atoms with Crippen molar-refractivity contribution in [2.24, 2.45) is 10.9 Å². The Kier molecular flexibility index (Phi) is 6.41. The van der Waals surface area contributed by atoms with Gasteiger partial charge in [0.1, 0.15) is 5.82 Å². The Morgan fingerprint density at radius 1 is 1.38 bits per heavy atom. The number of benzene rings is 1. The molecular formula is C20H30ClFN4. The molecule has 0 bridgehead atoms. The van der Waals surface area contributed by atoms with Crippen molar-refractivity contribution >= 4 is 17.6 Å². The van der Waals surface area contributed by atoms with Gasteiger partial charge in [-0.15, -0.1) is 0 Å². The first-order chi connectivity index (χ1) is 12.6. The van der Waals surface area contributed by atoms with Gasteiger partial charge in [0.25, 0.3) is 0 Å². The number of rotatable bonds is 6. The zero-order valence-electron chi connectivity index (χ0n) is 16.0. The van der Waals surface area contributed by atoms with Gasteiger partial charge in [-0.1, -0.05) is 31.5 Å². The van der Waals surface area contributed by atoms with Gasteiger partial charge in [-0.3, -0.25) is 4.99 Å². The van der Waals surface area contributed by atoms with E-state index in [-0.39, 0.29) is 17.8 Å². The number of aliphatic imine (C=N–C) groups is 1. The number of nitrogens with zero attached hydrogens (tertiary/aromatic N) is 3. The van der Waals surface area contributed by atoms with Crippen molar-refractivity contribution in [3.63, 3.8) is 0 Å². The second-order valence-corrected chi connectivity index (χ2v) is 7.77. The van der Waals surface area contributed by atoms with Gasteiger partial charge in [0, 0.05) is 49.2 Å². The zero-order chi connectivity index (χ0) is 18.7. The number of nitrogens with one attached hydrogen (secondary N) is 1. The Morgan fingerprint density at radius 2 is 2.15 bits per heavy atom. The van der Waals surface area contributed by atoms with E-state index in [1.54, 1.807) is 12.1 Å². The van der Waals surface area contributed by atoms with Crippen molar-refractivity contribution < 1.29 is 4.39 Å². The van der Waals surface area contributed by atoms with Crippen molar-refractivity contribution in [2.75, 3.05) is 39.8 Å². The highest BCUT2D eigenvalue weighted by atomic mass is 35.5. The maximum Gasteiger partial charge on any atom is 0.193 e. The molecule has 3 unspecified atom stereocenters. The summed E-state index contributed by atoms with van der Waals surface area (Å²) in [6, 6.07) is 5.13. The number of halogens is 2. The molecule has 6 heteroatoms. The van der Waals surface area contributed by atoms with E-state index < -0.39 is 0 Å². The maximum absolute atomic E-state index is 14.1. The molecule has 2 aliphatic rings. The Balaban J connectivity index is 1.55. The molecule has 4 nitrogen and oxygen atoms in total. The predicted molar refractivity (Wildman–Crippen MR) is 107 cm³/mol. The third-order valence-electron chi connectivity index (χ3n) is 5.68. The second-order valence-electron chi connectivity index (χ2n) is 7.36. The minimum absolute atomic E-state index is 0.134. The lowest BCUT2D eigenvalue weighted by atomic mass is 10.1. The molecule has 1 aliphatic carbocycles. The molecule has 1 aromatic carbocycles. The summed E-state index contributed by atoms with van der Waals surface area (Å²) in [5.74, 6) is 1.55. The molecule has 144 valence electrons. The smallest absolute Gasteiger partial charge is 0.193 e. The first kappa shape index (κ1) is 19.4. The van der Waals surface area contributed by atoms with E-state index in [1.165, 1.54) is 12.5 Å². The van der Waals surface area contributed by atoms with Gasteiger partial charge >= 0.3 is 0 Å². The predicted octanol–water partition coefficient (Wildman–Crippen LogP) is 3.57. The average molecular weight is 381 g/mol. The highest BCUT2D eigenvalue weighted by molar-refractivity contribution is 6.31. The summed E-state index contributed by atoms with van der Waals surface area (Å²) in [6.45, 7) is 9.87. The molecule has 0 radical (unpaired) electrons. The third kappa shape index (κ3) is 4.32. The summed E-state index contributed by atoms with van der Waals surface area (Å²) in [4.78, 5) is 9.30. The standard InChI is InChI=1S/C20H30ClFN4/c1-4-25(5-2)12-14-9-10-26(13-14)20(23-3)24-18-11-15(18)19-16(21)7-6-8-17(19)22/h6-8,14-15,18H,4-5,9-13H2,1-3H3,(H,23,24). The van der Waals surface area contributed by atoms with Crippen LogP contribution in [0.4, 0.5) is 4.39 Å². The van der Waals surface area contributed by atoms with Crippen LogP contribution in [0.5, 0.6) is 0 Å². The van der Waals surface area contributed by atoms with Crippen LogP contribution < -0.4 is 5.32 Å². The molecule has 0 spiro atoms. The largest absolute Gasteiger partial charge is 0.353 e. The molecule has 1 N–H and O–H groups in total. The van der Waals surface area contributed by atoms with E-state index in [9.17, 15) is 4.39 Å². The van der Waals surface area contributed by atoms with Crippen molar-refractivity contribution in [2.45, 2.75) is 38.6 Å². The highest BCUT2D eigenvalue weighted by Gasteiger charge is 2.42. The van der Waals surface area contributed by atoms with E-state index in [0.717, 1.165) is 45.1 Å². The molecule has 0 aromatic heterocycles. The molecule has 26 heavy (non-hydrogen) atoms. The third-order valence-corrected chi connectivity index (χ3v) is 6.01. The zero-order valence-corrected chi connectivity index (χ0v) is 16.8. The number of hydrogen-bond acceptors (Lipinski definition) is 2. The highest BCUT2D eigenvalue weighted by Crippen LogP contribution is 2.45. The molecule has 1 aromatic rings. The summed E-state index contributed by atoms with van der Waals surface area (Å²) in [6.07, 6.45) is 2.10. The first-order valence-corrected chi connectivity index (χ1v) is 10.1. The van der Waals surface area contributed by atoms with Crippen LogP contribution in [0.2, 0.25) is 5.02 Å². The van der Waals surface area contributed by atoms with Crippen LogP contribution in [0.1, 0.15) is 38.2 Å². The fraction of sp³-hybridized carbons (Fsp3) is 0.650. The van der Waals surface area contributed by atoms with Gasteiger partial charge in [0.2, 0.25) is 0 Å². The van der Waals surface area contributed by atoms with Crippen LogP contribution in [-0.2, 0) is 0 Å². The lowest BCUT2D eigenvalue weighted by molar-refractivity contribution is 0.255. The molecule has 1 saturated heterocycles. The number of hydrogen-bond donors (Lipinski definition) is 1. The molecule has 3 atom stereocenters. The van der Waals surface area contributed by atoms with E-state index in [2.05, 4.69) is 34.0 Å². The van der Waals surface area contributed by atoms with E-state index in [4.69, 9.17) is 11.6 Å². The van der Waals surface area contributed by atoms with Gasteiger partial charge in [-0.25, -0.2) is 4.39 Å². The Labute approximate surface area is 161 Å². The molecular weight excluding hydrogens is 351 g/mol. The first-order valence-electron chi connectivity index (χ1n) is 9.71. The van der Waals surface area contributed by atoms with Gasteiger partial charge in [-0.05, 0) is 44.0 Å². The summed E-state index contributed by atoms with van der Waals surface area (Å²) in [5.41, 5.74) is 0.642. The van der Waals surface area contributed by atoms with Gasteiger partial charge < -0.3 is 15.1 Å². The molecule has 3 rings (SSSR count). The molecule has 2 fully saturated rings. The normalized spacial score (nSPS) is 25.8. The van der Waals surface area contributed by atoms with Crippen LogP contribution in [0, 0.1) is 11.7 Å². The van der Waals surface area contributed by atoms with E-state index in [0.29, 0.717) is 16.5 Å². The minimum Gasteiger partial charge on any atom is -0.353 e. The topological polar surface area (TPSA) is 30.9 Å². The Hall–Kier alpha value is -1.33. The van der Waals surface area contributed by atoms with Crippen LogP contribution in [0.15, 0.2) is 23.2 Å². The monoisotopic (exact) mass is 380 g/mol. The number of likely N-dealkylation sites (tertiary alicyclic amines) is 1. The van der Waals surface area contributed by atoms with E-state index >= 15 is 0 Å². The van der Waals surface area contributed by atoms with Crippen molar-refractivity contribution in [3.8, 4) is 0 Å². The summed E-state index contributed by atoms with van der Waals surface area (Å²) in [7, 11) is 1.83. The van der Waals surface area contributed by atoms with Crippen molar-refractivity contribution in [3.05, 3.63) is 34.6 Å². The van der Waals surface area contributed by atoms with Gasteiger partial charge in [0.05, 0.1) is 0 Å². The molecule has 1 heterocycles. The quantitative estimate of drug-likeness (QED) is 0.604. The lowest BCUT2D eigenvalue weighted by Crippen LogP contribution is -2.42. The summed E-state index contributed by atoms with van der Waals surface area (Å²) < 4.78 is 14.1. The van der Waals surface area contributed by atoms with Gasteiger partial charge in [-0.2, -0.15) is 0 Å². The van der Waals surface area contributed by atoms with Gasteiger partial charge in [0.15, 0.2) is 5.96 Å². The molecule has 1 aliphatic heterocycles. The van der Waals surface area contributed by atoms with Crippen molar-refractivity contribution in [1.29, 1.82) is 0 Å². The lowest BCUT2D eigenvalue weighted by Gasteiger charge is -2.24. The molecule has 0 amide bonds. The minimum atomic E-state index is -0.206. The fourth-order valence-electron chi connectivity index (χ4n) is 4.02. The molecule has 1 saturated carbocycles.